The number of benzene rings is 1. The van der Waals surface area contributed by atoms with Gasteiger partial charge in [-0.2, -0.15) is 0 Å². The monoisotopic (exact) mass is 310 g/mol. The fraction of sp³-hybridized carbons (Fsp3) is 0.500. The molecule has 0 atom stereocenters. The average molecular weight is 311 g/mol. The van der Waals surface area contributed by atoms with Gasteiger partial charge in [0.25, 0.3) is 5.91 Å². The molecular weight excluding hydrogens is 292 g/mol. The van der Waals surface area contributed by atoms with Crippen LogP contribution in [0.4, 0.5) is 0 Å². The van der Waals surface area contributed by atoms with Crippen LogP contribution in [0.15, 0.2) is 22.7 Å². The number of carbonyl (C=O) groups is 1. The minimum absolute atomic E-state index is 0.145. The van der Waals surface area contributed by atoms with E-state index < -0.39 is 0 Å². The summed E-state index contributed by atoms with van der Waals surface area (Å²) < 4.78 is 1.00. The van der Waals surface area contributed by atoms with Crippen molar-refractivity contribution >= 4 is 21.8 Å². The summed E-state index contributed by atoms with van der Waals surface area (Å²) in [5.41, 5.74) is 1.93. The van der Waals surface area contributed by atoms with E-state index in [4.69, 9.17) is 0 Å². The van der Waals surface area contributed by atoms with Crippen LogP contribution in [-0.4, -0.2) is 48.4 Å². The zero-order valence-electron chi connectivity index (χ0n) is 10.9. The maximum Gasteiger partial charge on any atom is 0.253 e. The van der Waals surface area contributed by atoms with Crippen molar-refractivity contribution in [2.45, 2.75) is 13.8 Å². The molecule has 0 radical (unpaired) electrons. The molecule has 1 amide bonds. The lowest BCUT2D eigenvalue weighted by atomic mass is 10.1. The van der Waals surface area contributed by atoms with Crippen molar-refractivity contribution in [2.24, 2.45) is 0 Å². The summed E-state index contributed by atoms with van der Waals surface area (Å²) in [7, 11) is 0. The van der Waals surface area contributed by atoms with Crippen molar-refractivity contribution in [3.05, 3.63) is 33.8 Å². The zero-order valence-corrected chi connectivity index (χ0v) is 12.5. The van der Waals surface area contributed by atoms with E-state index in [0.717, 1.165) is 48.3 Å². The molecule has 2 rings (SSSR count). The molecule has 1 aromatic carbocycles. The summed E-state index contributed by atoms with van der Waals surface area (Å²) in [5, 5.41) is 0. The first-order chi connectivity index (χ1) is 8.61. The number of amides is 1. The number of likely N-dealkylation sites (N-methyl/N-ethyl adjacent to an activating group) is 1. The van der Waals surface area contributed by atoms with Gasteiger partial charge in [0.15, 0.2) is 0 Å². The van der Waals surface area contributed by atoms with Crippen LogP contribution in [0.5, 0.6) is 0 Å². The number of rotatable bonds is 2. The van der Waals surface area contributed by atoms with Gasteiger partial charge in [-0.3, -0.25) is 4.79 Å². The number of carbonyl (C=O) groups excluding carboxylic acids is 1. The van der Waals surface area contributed by atoms with E-state index >= 15 is 0 Å². The van der Waals surface area contributed by atoms with Crippen LogP contribution in [-0.2, 0) is 0 Å². The standard InChI is InChI=1S/C14H19BrN2O/c1-3-16-6-8-17(9-7-16)14(18)12-5-4-11(2)13(15)10-12/h4-5,10H,3,6-9H2,1-2H3. The molecule has 1 aromatic rings. The van der Waals surface area contributed by atoms with E-state index in [9.17, 15) is 4.79 Å². The third-order valence-corrected chi connectivity index (χ3v) is 4.38. The van der Waals surface area contributed by atoms with Gasteiger partial charge >= 0.3 is 0 Å². The minimum Gasteiger partial charge on any atom is -0.336 e. The van der Waals surface area contributed by atoms with Crippen LogP contribution in [0.1, 0.15) is 22.8 Å². The van der Waals surface area contributed by atoms with Crippen LogP contribution in [0, 0.1) is 6.92 Å². The van der Waals surface area contributed by atoms with Gasteiger partial charge < -0.3 is 9.80 Å². The highest BCUT2D eigenvalue weighted by Gasteiger charge is 2.21. The van der Waals surface area contributed by atoms with Crippen molar-refractivity contribution in [3.8, 4) is 0 Å². The predicted molar refractivity (Wildman–Crippen MR) is 76.9 cm³/mol. The Morgan fingerprint density at radius 1 is 1.28 bits per heavy atom. The highest BCUT2D eigenvalue weighted by molar-refractivity contribution is 9.10. The predicted octanol–water partition coefficient (Wildman–Crippen LogP) is 2.54. The second-order valence-electron chi connectivity index (χ2n) is 4.69. The molecule has 1 heterocycles. The minimum atomic E-state index is 0.145. The molecule has 1 aliphatic rings. The van der Waals surface area contributed by atoms with Gasteiger partial charge in [-0.1, -0.05) is 28.9 Å². The molecule has 1 fully saturated rings. The van der Waals surface area contributed by atoms with Crippen molar-refractivity contribution in [2.75, 3.05) is 32.7 Å². The molecular formula is C14H19BrN2O. The second kappa shape index (κ2) is 5.85. The van der Waals surface area contributed by atoms with E-state index in [1.54, 1.807) is 0 Å². The molecule has 0 aromatic heterocycles. The molecule has 0 spiro atoms. The Kier molecular flexibility index (Phi) is 4.40. The van der Waals surface area contributed by atoms with E-state index in [1.165, 1.54) is 0 Å². The SMILES string of the molecule is CCN1CCN(C(=O)c2ccc(C)c(Br)c2)CC1. The second-order valence-corrected chi connectivity index (χ2v) is 5.54. The topological polar surface area (TPSA) is 23.6 Å². The maximum absolute atomic E-state index is 12.3. The number of nitrogens with zero attached hydrogens (tertiary/aromatic N) is 2. The molecule has 3 nitrogen and oxygen atoms in total. The Morgan fingerprint density at radius 3 is 2.50 bits per heavy atom. The van der Waals surface area contributed by atoms with Crippen LogP contribution in [0.2, 0.25) is 0 Å². The number of piperazine rings is 1. The summed E-state index contributed by atoms with van der Waals surface area (Å²) in [6, 6.07) is 5.82. The molecule has 1 saturated heterocycles. The van der Waals surface area contributed by atoms with Crippen molar-refractivity contribution in [3.63, 3.8) is 0 Å². The molecule has 0 unspecified atom stereocenters. The summed E-state index contributed by atoms with van der Waals surface area (Å²) in [6.07, 6.45) is 0. The largest absolute Gasteiger partial charge is 0.336 e. The van der Waals surface area contributed by atoms with E-state index in [2.05, 4.69) is 27.8 Å². The fourth-order valence-corrected chi connectivity index (χ4v) is 2.55. The first kappa shape index (κ1) is 13.6. The summed E-state index contributed by atoms with van der Waals surface area (Å²) in [4.78, 5) is 16.7. The van der Waals surface area contributed by atoms with Crippen molar-refractivity contribution < 1.29 is 4.79 Å². The molecule has 0 N–H and O–H groups in total. The molecule has 98 valence electrons. The Hall–Kier alpha value is -0.870. The quantitative estimate of drug-likeness (QED) is 0.838. The van der Waals surface area contributed by atoms with E-state index in [0.29, 0.717) is 0 Å². The smallest absolute Gasteiger partial charge is 0.253 e. The maximum atomic E-state index is 12.3. The lowest BCUT2D eigenvalue weighted by molar-refractivity contribution is 0.0643. The van der Waals surface area contributed by atoms with Crippen LogP contribution >= 0.6 is 15.9 Å². The molecule has 0 aliphatic carbocycles. The summed E-state index contributed by atoms with van der Waals surface area (Å²) in [5.74, 6) is 0.145. The number of hydrogen-bond acceptors (Lipinski definition) is 2. The lowest BCUT2D eigenvalue weighted by Crippen LogP contribution is -2.48. The highest BCUT2D eigenvalue weighted by atomic mass is 79.9. The van der Waals surface area contributed by atoms with Gasteiger partial charge in [-0.25, -0.2) is 0 Å². The van der Waals surface area contributed by atoms with Crippen molar-refractivity contribution in [1.82, 2.24) is 9.80 Å². The number of hydrogen-bond donors (Lipinski definition) is 0. The Labute approximate surface area is 117 Å². The Balaban J connectivity index is 2.05. The molecule has 18 heavy (non-hydrogen) atoms. The first-order valence-corrected chi connectivity index (χ1v) is 7.19. The van der Waals surface area contributed by atoms with Crippen LogP contribution in [0.3, 0.4) is 0 Å². The molecule has 0 bridgehead atoms. The van der Waals surface area contributed by atoms with Gasteiger partial charge in [-0.15, -0.1) is 0 Å². The Bertz CT molecular complexity index is 439. The van der Waals surface area contributed by atoms with Gasteiger partial charge in [0.05, 0.1) is 0 Å². The fourth-order valence-electron chi connectivity index (χ4n) is 2.18. The first-order valence-electron chi connectivity index (χ1n) is 6.39. The summed E-state index contributed by atoms with van der Waals surface area (Å²) >= 11 is 3.48. The molecule has 1 aliphatic heterocycles. The van der Waals surface area contributed by atoms with E-state index in [1.807, 2.05) is 30.0 Å². The van der Waals surface area contributed by atoms with Crippen molar-refractivity contribution in [1.29, 1.82) is 0 Å². The van der Waals surface area contributed by atoms with Crippen LogP contribution < -0.4 is 0 Å². The third kappa shape index (κ3) is 2.93. The Morgan fingerprint density at radius 2 is 1.94 bits per heavy atom. The average Bonchev–Trinajstić information content (AvgIpc) is 2.41. The van der Waals surface area contributed by atoms with E-state index in [-0.39, 0.29) is 5.91 Å². The van der Waals surface area contributed by atoms with Gasteiger partial charge in [0.1, 0.15) is 0 Å². The number of halogens is 1. The molecule has 4 heteroatoms. The lowest BCUT2D eigenvalue weighted by Gasteiger charge is -2.34. The third-order valence-electron chi connectivity index (χ3n) is 3.53. The summed E-state index contributed by atoms with van der Waals surface area (Å²) in [6.45, 7) is 8.88. The number of aryl methyl sites for hydroxylation is 1. The highest BCUT2D eigenvalue weighted by Crippen LogP contribution is 2.19. The normalized spacial score (nSPS) is 16.9. The van der Waals surface area contributed by atoms with Gasteiger partial charge in [0.2, 0.25) is 0 Å². The van der Waals surface area contributed by atoms with Gasteiger partial charge in [-0.05, 0) is 31.2 Å². The van der Waals surface area contributed by atoms with Gasteiger partial charge in [0, 0.05) is 36.2 Å². The van der Waals surface area contributed by atoms with Crippen LogP contribution in [0.25, 0.3) is 0 Å². The molecule has 0 saturated carbocycles. The zero-order chi connectivity index (χ0) is 13.1.